The molecule has 120 valence electrons. The summed E-state index contributed by atoms with van der Waals surface area (Å²) in [5.74, 6) is 0.562. The second kappa shape index (κ2) is 5.54. The molecular weight excluding hydrogens is 314 g/mol. The van der Waals surface area contributed by atoms with E-state index in [0.717, 1.165) is 5.39 Å². The SMILES string of the molecule is CC(C)S(=O)(=O)c1ccccc1Nc1nc(N)nc2[nH]ccc12. The lowest BCUT2D eigenvalue weighted by atomic mass is 10.3. The molecule has 3 aromatic rings. The van der Waals surface area contributed by atoms with Gasteiger partial charge in [-0.15, -0.1) is 0 Å². The highest BCUT2D eigenvalue weighted by molar-refractivity contribution is 7.92. The van der Waals surface area contributed by atoms with E-state index < -0.39 is 15.1 Å². The zero-order chi connectivity index (χ0) is 16.6. The standard InChI is InChI=1S/C15H17N5O2S/c1-9(2)23(21,22)12-6-4-3-5-11(12)18-14-10-7-8-17-13(10)19-15(16)20-14/h3-9H,1-2H3,(H4,16,17,18,19,20). The van der Waals surface area contributed by atoms with Crippen molar-refractivity contribution >= 4 is 38.3 Å². The molecule has 0 amide bonds. The average Bonchev–Trinajstić information content (AvgIpc) is 2.95. The molecule has 0 bridgehead atoms. The van der Waals surface area contributed by atoms with Crippen molar-refractivity contribution in [1.82, 2.24) is 15.0 Å². The highest BCUT2D eigenvalue weighted by Crippen LogP contribution is 2.29. The molecule has 0 spiro atoms. The van der Waals surface area contributed by atoms with Crippen LogP contribution in [0.1, 0.15) is 13.8 Å². The van der Waals surface area contributed by atoms with E-state index in [0.29, 0.717) is 17.2 Å². The van der Waals surface area contributed by atoms with Crippen molar-refractivity contribution in [1.29, 1.82) is 0 Å². The van der Waals surface area contributed by atoms with Crippen molar-refractivity contribution in [2.24, 2.45) is 0 Å². The summed E-state index contributed by atoms with van der Waals surface area (Å²) >= 11 is 0. The number of aromatic nitrogens is 3. The highest BCUT2D eigenvalue weighted by atomic mass is 32.2. The molecule has 0 unspecified atom stereocenters. The number of benzene rings is 1. The van der Waals surface area contributed by atoms with Crippen LogP contribution in [-0.2, 0) is 9.84 Å². The largest absolute Gasteiger partial charge is 0.368 e. The smallest absolute Gasteiger partial charge is 0.224 e. The van der Waals surface area contributed by atoms with Gasteiger partial charge < -0.3 is 16.0 Å². The van der Waals surface area contributed by atoms with Crippen molar-refractivity contribution in [3.8, 4) is 0 Å². The Hall–Kier alpha value is -2.61. The van der Waals surface area contributed by atoms with Gasteiger partial charge in [-0.25, -0.2) is 8.42 Å². The van der Waals surface area contributed by atoms with Crippen LogP contribution in [0.15, 0.2) is 41.4 Å². The number of rotatable bonds is 4. The second-order valence-electron chi connectivity index (χ2n) is 5.39. The van der Waals surface area contributed by atoms with Gasteiger partial charge in [-0.05, 0) is 32.0 Å². The number of para-hydroxylation sites is 1. The van der Waals surface area contributed by atoms with Crippen LogP contribution in [0.2, 0.25) is 0 Å². The van der Waals surface area contributed by atoms with Crippen LogP contribution < -0.4 is 11.1 Å². The fraction of sp³-hybridized carbons (Fsp3) is 0.200. The van der Waals surface area contributed by atoms with Gasteiger partial charge in [-0.2, -0.15) is 9.97 Å². The fourth-order valence-corrected chi connectivity index (χ4v) is 3.46. The summed E-state index contributed by atoms with van der Waals surface area (Å²) in [5.41, 5.74) is 6.76. The highest BCUT2D eigenvalue weighted by Gasteiger charge is 2.23. The van der Waals surface area contributed by atoms with E-state index >= 15 is 0 Å². The first-order valence-electron chi connectivity index (χ1n) is 7.10. The number of hydrogen-bond acceptors (Lipinski definition) is 6. The minimum Gasteiger partial charge on any atom is -0.368 e. The molecule has 0 saturated heterocycles. The lowest BCUT2D eigenvalue weighted by Crippen LogP contribution is -2.15. The Morgan fingerprint density at radius 1 is 1.17 bits per heavy atom. The normalized spacial score (nSPS) is 12.0. The van der Waals surface area contributed by atoms with Gasteiger partial charge in [0.15, 0.2) is 9.84 Å². The third-order valence-corrected chi connectivity index (χ3v) is 5.71. The molecule has 0 saturated carbocycles. The summed E-state index contributed by atoms with van der Waals surface area (Å²) in [6.45, 7) is 3.30. The van der Waals surface area contributed by atoms with Crippen molar-refractivity contribution in [3.63, 3.8) is 0 Å². The molecule has 8 heteroatoms. The van der Waals surface area contributed by atoms with Crippen molar-refractivity contribution < 1.29 is 8.42 Å². The van der Waals surface area contributed by atoms with Crippen LogP contribution >= 0.6 is 0 Å². The zero-order valence-electron chi connectivity index (χ0n) is 12.7. The van der Waals surface area contributed by atoms with Crippen LogP contribution in [0.4, 0.5) is 17.5 Å². The number of nitrogens with zero attached hydrogens (tertiary/aromatic N) is 2. The molecule has 0 aliphatic carbocycles. The number of nitrogen functional groups attached to an aromatic ring is 1. The Morgan fingerprint density at radius 3 is 2.65 bits per heavy atom. The van der Waals surface area contributed by atoms with Gasteiger partial charge in [0.25, 0.3) is 0 Å². The minimum absolute atomic E-state index is 0.103. The van der Waals surface area contributed by atoms with Crippen LogP contribution in [0.25, 0.3) is 11.0 Å². The van der Waals surface area contributed by atoms with Gasteiger partial charge in [0.2, 0.25) is 5.95 Å². The van der Waals surface area contributed by atoms with Crippen molar-refractivity contribution in [3.05, 3.63) is 36.5 Å². The van der Waals surface area contributed by atoms with E-state index in [2.05, 4.69) is 20.3 Å². The third-order valence-electron chi connectivity index (χ3n) is 3.50. The molecule has 0 radical (unpaired) electrons. The van der Waals surface area contributed by atoms with Gasteiger partial charge in [0.1, 0.15) is 11.5 Å². The number of H-pyrrole nitrogens is 1. The summed E-state index contributed by atoms with van der Waals surface area (Å²) in [6.07, 6.45) is 1.72. The molecule has 2 heterocycles. The van der Waals surface area contributed by atoms with E-state index in [4.69, 9.17) is 5.73 Å². The van der Waals surface area contributed by atoms with E-state index in [9.17, 15) is 8.42 Å². The van der Waals surface area contributed by atoms with Crippen molar-refractivity contribution in [2.75, 3.05) is 11.1 Å². The van der Waals surface area contributed by atoms with Crippen LogP contribution in [0, 0.1) is 0 Å². The van der Waals surface area contributed by atoms with Gasteiger partial charge in [0.05, 0.1) is 21.2 Å². The zero-order valence-corrected chi connectivity index (χ0v) is 13.6. The number of hydrogen-bond donors (Lipinski definition) is 3. The fourth-order valence-electron chi connectivity index (χ4n) is 2.25. The summed E-state index contributed by atoms with van der Waals surface area (Å²) in [6, 6.07) is 8.54. The Bertz CT molecular complexity index is 963. The third kappa shape index (κ3) is 2.72. The second-order valence-corrected chi connectivity index (χ2v) is 7.86. The van der Waals surface area contributed by atoms with E-state index in [1.807, 2.05) is 0 Å². The van der Waals surface area contributed by atoms with E-state index in [-0.39, 0.29) is 10.8 Å². The van der Waals surface area contributed by atoms with Crippen molar-refractivity contribution in [2.45, 2.75) is 24.0 Å². The predicted molar refractivity (Wildman–Crippen MR) is 90.3 cm³/mol. The Labute approximate surface area is 133 Å². The molecule has 4 N–H and O–H groups in total. The first kappa shape index (κ1) is 15.3. The Balaban J connectivity index is 2.12. The molecule has 7 nitrogen and oxygen atoms in total. The molecule has 0 atom stereocenters. The summed E-state index contributed by atoms with van der Waals surface area (Å²) < 4.78 is 25.0. The number of anilines is 3. The maximum Gasteiger partial charge on any atom is 0.224 e. The maximum absolute atomic E-state index is 12.5. The predicted octanol–water partition coefficient (Wildman–Crippen LogP) is 2.47. The first-order valence-corrected chi connectivity index (χ1v) is 8.65. The number of aromatic amines is 1. The Morgan fingerprint density at radius 2 is 1.91 bits per heavy atom. The van der Waals surface area contributed by atoms with E-state index in [1.165, 1.54) is 0 Å². The molecule has 2 aromatic heterocycles. The molecule has 23 heavy (non-hydrogen) atoms. The lowest BCUT2D eigenvalue weighted by Gasteiger charge is -2.14. The van der Waals surface area contributed by atoms with Gasteiger partial charge >= 0.3 is 0 Å². The minimum atomic E-state index is -3.42. The number of nitrogens with two attached hydrogens (primary N) is 1. The number of fused-ring (bicyclic) bond motifs is 1. The molecule has 3 rings (SSSR count). The topological polar surface area (TPSA) is 114 Å². The molecule has 0 aliphatic heterocycles. The summed E-state index contributed by atoms with van der Waals surface area (Å²) in [5, 5.41) is 3.29. The summed E-state index contributed by atoms with van der Waals surface area (Å²) in [4.78, 5) is 11.5. The van der Waals surface area contributed by atoms with Gasteiger partial charge in [0, 0.05) is 6.20 Å². The molecular formula is C15H17N5O2S. The average molecular weight is 331 g/mol. The molecule has 0 fully saturated rings. The van der Waals surface area contributed by atoms with Gasteiger partial charge in [-0.1, -0.05) is 12.1 Å². The quantitative estimate of drug-likeness (QED) is 0.676. The van der Waals surface area contributed by atoms with E-state index in [1.54, 1.807) is 50.4 Å². The molecule has 1 aromatic carbocycles. The summed E-state index contributed by atoms with van der Waals surface area (Å²) in [7, 11) is -3.42. The van der Waals surface area contributed by atoms with Crippen LogP contribution in [-0.4, -0.2) is 28.6 Å². The Kier molecular flexibility index (Phi) is 3.69. The molecule has 0 aliphatic rings. The van der Waals surface area contributed by atoms with Crippen LogP contribution in [0.5, 0.6) is 0 Å². The maximum atomic E-state index is 12.5. The number of nitrogens with one attached hydrogen (secondary N) is 2. The monoisotopic (exact) mass is 331 g/mol. The lowest BCUT2D eigenvalue weighted by molar-refractivity contribution is 0.588. The first-order chi connectivity index (χ1) is 10.9. The van der Waals surface area contributed by atoms with Gasteiger partial charge in [-0.3, -0.25) is 0 Å². The van der Waals surface area contributed by atoms with Crippen LogP contribution in [0.3, 0.4) is 0 Å². The number of sulfone groups is 1.